The van der Waals surface area contributed by atoms with Crippen LogP contribution in [0.2, 0.25) is 5.02 Å². The molecule has 2 aromatic rings. The lowest BCUT2D eigenvalue weighted by Gasteiger charge is -2.09. The third-order valence-corrected chi connectivity index (χ3v) is 4.17. The topological polar surface area (TPSA) is 42.0 Å². The molecule has 0 aliphatic heterocycles. The van der Waals surface area contributed by atoms with Crippen LogP contribution in [0.25, 0.3) is 11.1 Å². The molecule has 1 fully saturated rings. The minimum Gasteiger partial charge on any atom is -0.310 e. The van der Waals surface area contributed by atoms with Gasteiger partial charge in [0.25, 0.3) is 0 Å². The molecule has 1 aromatic heterocycles. The van der Waals surface area contributed by atoms with Crippen LogP contribution in [0.3, 0.4) is 0 Å². The Balaban J connectivity index is 1.83. The third-order valence-electron chi connectivity index (χ3n) is 3.86. The number of carbonyl (C=O) groups excluding carboxylic acids is 1. The summed E-state index contributed by atoms with van der Waals surface area (Å²) in [5.74, 6) is 0.843. The van der Waals surface area contributed by atoms with Gasteiger partial charge in [-0.15, -0.1) is 0 Å². The van der Waals surface area contributed by atoms with Gasteiger partial charge in [-0.25, -0.2) is 4.98 Å². The highest BCUT2D eigenvalue weighted by Crippen LogP contribution is 2.32. The number of pyridine rings is 1. The molecule has 0 atom stereocenters. The SMILES string of the molecule is Cc1cc(Cl)c(-c2ccc(NC(=O)C3CC3)nc2)cc1C. The largest absolute Gasteiger partial charge is 0.310 e. The molecular formula is C17H17ClN2O. The number of aromatic nitrogens is 1. The summed E-state index contributed by atoms with van der Waals surface area (Å²) in [7, 11) is 0. The molecule has 1 heterocycles. The molecule has 1 aliphatic carbocycles. The smallest absolute Gasteiger partial charge is 0.228 e. The first-order chi connectivity index (χ1) is 10.0. The first kappa shape index (κ1) is 14.1. The highest BCUT2D eigenvalue weighted by molar-refractivity contribution is 6.33. The molecule has 1 aliphatic rings. The maximum absolute atomic E-state index is 11.7. The summed E-state index contributed by atoms with van der Waals surface area (Å²) in [5.41, 5.74) is 4.28. The van der Waals surface area contributed by atoms with E-state index in [0.29, 0.717) is 5.82 Å². The average molecular weight is 301 g/mol. The summed E-state index contributed by atoms with van der Waals surface area (Å²) in [6.07, 6.45) is 3.73. The van der Waals surface area contributed by atoms with E-state index < -0.39 is 0 Å². The molecule has 0 radical (unpaired) electrons. The fraction of sp³-hybridized carbons (Fsp3) is 0.294. The van der Waals surface area contributed by atoms with Gasteiger partial charge in [0.15, 0.2) is 0 Å². The summed E-state index contributed by atoms with van der Waals surface area (Å²) >= 11 is 6.31. The number of amides is 1. The lowest BCUT2D eigenvalue weighted by atomic mass is 10.0. The molecule has 0 unspecified atom stereocenters. The number of hydrogen-bond donors (Lipinski definition) is 1. The first-order valence-corrected chi connectivity index (χ1v) is 7.46. The lowest BCUT2D eigenvalue weighted by Crippen LogP contribution is -2.14. The number of halogens is 1. The Morgan fingerprint density at radius 2 is 1.95 bits per heavy atom. The summed E-state index contributed by atoms with van der Waals surface area (Å²) in [4.78, 5) is 16.0. The van der Waals surface area contributed by atoms with Crippen molar-refractivity contribution in [3.05, 3.63) is 46.6 Å². The Labute approximate surface area is 129 Å². The Morgan fingerprint density at radius 1 is 1.24 bits per heavy atom. The number of aryl methyl sites for hydroxylation is 2. The zero-order valence-electron chi connectivity index (χ0n) is 12.1. The van der Waals surface area contributed by atoms with Crippen LogP contribution >= 0.6 is 11.6 Å². The molecule has 1 N–H and O–H groups in total. The number of nitrogens with zero attached hydrogens (tertiary/aromatic N) is 1. The van der Waals surface area contributed by atoms with Crippen molar-refractivity contribution < 1.29 is 4.79 Å². The number of benzene rings is 1. The molecule has 0 saturated heterocycles. The zero-order valence-corrected chi connectivity index (χ0v) is 12.9. The molecule has 3 rings (SSSR count). The normalized spacial score (nSPS) is 14.0. The van der Waals surface area contributed by atoms with Crippen LogP contribution in [0.15, 0.2) is 30.5 Å². The maximum atomic E-state index is 11.7. The van der Waals surface area contributed by atoms with Gasteiger partial charge in [0, 0.05) is 28.3 Å². The average Bonchev–Trinajstić information content (AvgIpc) is 3.28. The fourth-order valence-corrected chi connectivity index (χ4v) is 2.53. The first-order valence-electron chi connectivity index (χ1n) is 7.08. The van der Waals surface area contributed by atoms with E-state index in [1.54, 1.807) is 6.20 Å². The second-order valence-corrected chi connectivity index (χ2v) is 6.02. The van der Waals surface area contributed by atoms with E-state index in [2.05, 4.69) is 23.3 Å². The van der Waals surface area contributed by atoms with E-state index in [9.17, 15) is 4.79 Å². The molecule has 4 heteroatoms. The van der Waals surface area contributed by atoms with Crippen molar-refractivity contribution in [3.63, 3.8) is 0 Å². The molecule has 1 amide bonds. The number of nitrogens with one attached hydrogen (secondary N) is 1. The van der Waals surface area contributed by atoms with Crippen molar-refractivity contribution in [2.75, 3.05) is 5.32 Å². The molecule has 21 heavy (non-hydrogen) atoms. The van der Waals surface area contributed by atoms with Gasteiger partial charge in [0.05, 0.1) is 0 Å². The van der Waals surface area contributed by atoms with Crippen LogP contribution < -0.4 is 5.32 Å². The van der Waals surface area contributed by atoms with Crippen LogP contribution in [0, 0.1) is 19.8 Å². The van der Waals surface area contributed by atoms with E-state index in [1.807, 2.05) is 25.1 Å². The van der Waals surface area contributed by atoms with Gasteiger partial charge in [-0.3, -0.25) is 4.79 Å². The maximum Gasteiger partial charge on any atom is 0.228 e. The van der Waals surface area contributed by atoms with E-state index in [0.717, 1.165) is 29.0 Å². The Morgan fingerprint density at radius 3 is 2.57 bits per heavy atom. The van der Waals surface area contributed by atoms with Crippen molar-refractivity contribution in [3.8, 4) is 11.1 Å². The quantitative estimate of drug-likeness (QED) is 0.914. The zero-order chi connectivity index (χ0) is 15.0. The Hall–Kier alpha value is -1.87. The standard InChI is InChI=1S/C17H17ClN2O/c1-10-7-14(15(18)8-11(10)2)13-5-6-16(19-9-13)20-17(21)12-3-4-12/h5-9,12H,3-4H2,1-2H3,(H,19,20,21). The van der Waals surface area contributed by atoms with Crippen LogP contribution in [0.5, 0.6) is 0 Å². The highest BCUT2D eigenvalue weighted by atomic mass is 35.5. The predicted octanol–water partition coefficient (Wildman–Crippen LogP) is 4.37. The van der Waals surface area contributed by atoms with Crippen LogP contribution in [-0.2, 0) is 4.79 Å². The van der Waals surface area contributed by atoms with Crippen LogP contribution in [0.1, 0.15) is 24.0 Å². The summed E-state index contributed by atoms with van der Waals surface area (Å²) in [5, 5.41) is 3.55. The van der Waals surface area contributed by atoms with Crippen molar-refractivity contribution in [1.29, 1.82) is 0 Å². The molecule has 1 saturated carbocycles. The molecule has 3 nitrogen and oxygen atoms in total. The summed E-state index contributed by atoms with van der Waals surface area (Å²) in [6.45, 7) is 4.10. The van der Waals surface area contributed by atoms with Gasteiger partial charge in [-0.1, -0.05) is 11.6 Å². The minimum absolute atomic E-state index is 0.0689. The number of hydrogen-bond acceptors (Lipinski definition) is 2. The molecular weight excluding hydrogens is 284 g/mol. The van der Waals surface area contributed by atoms with E-state index in [4.69, 9.17) is 11.6 Å². The van der Waals surface area contributed by atoms with Crippen LogP contribution in [0.4, 0.5) is 5.82 Å². The minimum atomic E-state index is 0.0689. The van der Waals surface area contributed by atoms with E-state index in [1.165, 1.54) is 11.1 Å². The van der Waals surface area contributed by atoms with Gasteiger partial charge in [0.2, 0.25) is 5.91 Å². The predicted molar refractivity (Wildman–Crippen MR) is 85.5 cm³/mol. The van der Waals surface area contributed by atoms with Crippen molar-refractivity contribution in [1.82, 2.24) is 4.98 Å². The second kappa shape index (κ2) is 5.49. The molecule has 108 valence electrons. The Kier molecular flexibility index (Phi) is 3.68. The van der Waals surface area contributed by atoms with Crippen molar-refractivity contribution >= 4 is 23.3 Å². The molecule has 0 bridgehead atoms. The number of rotatable bonds is 3. The molecule has 1 aromatic carbocycles. The number of anilines is 1. The van der Waals surface area contributed by atoms with Crippen LogP contribution in [-0.4, -0.2) is 10.9 Å². The van der Waals surface area contributed by atoms with Gasteiger partial charge >= 0.3 is 0 Å². The summed E-state index contributed by atoms with van der Waals surface area (Å²) in [6, 6.07) is 7.79. The van der Waals surface area contributed by atoms with E-state index in [-0.39, 0.29) is 11.8 Å². The van der Waals surface area contributed by atoms with Crippen molar-refractivity contribution in [2.45, 2.75) is 26.7 Å². The van der Waals surface area contributed by atoms with Gasteiger partial charge < -0.3 is 5.32 Å². The van der Waals surface area contributed by atoms with Gasteiger partial charge in [0.1, 0.15) is 5.82 Å². The molecule has 0 spiro atoms. The fourth-order valence-electron chi connectivity index (χ4n) is 2.20. The third kappa shape index (κ3) is 3.08. The van der Waals surface area contributed by atoms with E-state index >= 15 is 0 Å². The second-order valence-electron chi connectivity index (χ2n) is 5.61. The monoisotopic (exact) mass is 300 g/mol. The highest BCUT2D eigenvalue weighted by Gasteiger charge is 2.29. The van der Waals surface area contributed by atoms with Gasteiger partial charge in [-0.2, -0.15) is 0 Å². The van der Waals surface area contributed by atoms with Gasteiger partial charge in [-0.05, 0) is 62.1 Å². The lowest BCUT2D eigenvalue weighted by molar-refractivity contribution is -0.117. The number of carbonyl (C=O) groups is 1. The Bertz CT molecular complexity index is 691. The summed E-state index contributed by atoms with van der Waals surface area (Å²) < 4.78 is 0. The van der Waals surface area contributed by atoms with Crippen molar-refractivity contribution in [2.24, 2.45) is 5.92 Å².